The van der Waals surface area contributed by atoms with Crippen LogP contribution in [0.3, 0.4) is 0 Å². The number of esters is 1. The standard InChI is InChI=1S/C11H21NO5/c1-7-11(16-5,17-6)8(2)12(3)9(13)10(14)15-4/h8H,7H2,1-6H3. The minimum Gasteiger partial charge on any atom is -0.462 e. The van der Waals surface area contributed by atoms with Gasteiger partial charge in [-0.05, 0) is 6.92 Å². The van der Waals surface area contributed by atoms with E-state index in [2.05, 4.69) is 4.74 Å². The number of likely N-dealkylation sites (N-methyl/N-ethyl adjacent to an activating group) is 1. The van der Waals surface area contributed by atoms with Crippen LogP contribution < -0.4 is 0 Å². The number of nitrogens with zero attached hydrogens (tertiary/aromatic N) is 1. The minimum atomic E-state index is -0.932. The average Bonchev–Trinajstić information content (AvgIpc) is 2.38. The van der Waals surface area contributed by atoms with Gasteiger partial charge in [0.1, 0.15) is 0 Å². The fourth-order valence-electron chi connectivity index (χ4n) is 1.71. The van der Waals surface area contributed by atoms with Crippen LogP contribution in [0.1, 0.15) is 20.3 Å². The third kappa shape index (κ3) is 3.17. The van der Waals surface area contributed by atoms with E-state index in [0.717, 1.165) is 0 Å². The summed E-state index contributed by atoms with van der Waals surface area (Å²) in [6, 6.07) is -0.422. The molecule has 6 nitrogen and oxygen atoms in total. The van der Waals surface area contributed by atoms with E-state index in [0.29, 0.717) is 6.42 Å². The second-order valence-electron chi connectivity index (χ2n) is 3.66. The van der Waals surface area contributed by atoms with E-state index >= 15 is 0 Å². The van der Waals surface area contributed by atoms with Crippen molar-refractivity contribution >= 4 is 11.9 Å². The third-order valence-corrected chi connectivity index (χ3v) is 3.08. The van der Waals surface area contributed by atoms with Crippen molar-refractivity contribution in [2.45, 2.75) is 32.1 Å². The van der Waals surface area contributed by atoms with Crippen molar-refractivity contribution in [2.75, 3.05) is 28.4 Å². The van der Waals surface area contributed by atoms with E-state index in [1.807, 2.05) is 6.92 Å². The normalized spacial score (nSPS) is 13.1. The number of hydrogen-bond acceptors (Lipinski definition) is 5. The van der Waals surface area contributed by atoms with Gasteiger partial charge in [-0.3, -0.25) is 4.79 Å². The third-order valence-electron chi connectivity index (χ3n) is 3.08. The van der Waals surface area contributed by atoms with Gasteiger partial charge in [0, 0.05) is 27.7 Å². The molecule has 0 aromatic carbocycles. The Hall–Kier alpha value is -1.14. The lowest BCUT2D eigenvalue weighted by atomic mass is 10.0. The predicted octanol–water partition coefficient (Wildman–Crippen LogP) is 0.405. The van der Waals surface area contributed by atoms with Crippen molar-refractivity contribution in [1.29, 1.82) is 0 Å². The van der Waals surface area contributed by atoms with E-state index in [-0.39, 0.29) is 0 Å². The van der Waals surface area contributed by atoms with Crippen LogP contribution in [0.15, 0.2) is 0 Å². The van der Waals surface area contributed by atoms with Gasteiger partial charge in [-0.15, -0.1) is 0 Å². The Morgan fingerprint density at radius 2 is 1.71 bits per heavy atom. The van der Waals surface area contributed by atoms with Gasteiger partial charge in [0.05, 0.1) is 13.2 Å². The molecule has 0 bridgehead atoms. The molecule has 0 radical (unpaired) electrons. The molecular weight excluding hydrogens is 226 g/mol. The van der Waals surface area contributed by atoms with Crippen LogP contribution >= 0.6 is 0 Å². The topological polar surface area (TPSA) is 65.1 Å². The molecule has 0 saturated heterocycles. The molecule has 0 aromatic rings. The largest absolute Gasteiger partial charge is 0.462 e. The van der Waals surface area contributed by atoms with Crippen LogP contribution in [0.5, 0.6) is 0 Å². The Balaban J connectivity index is 4.95. The van der Waals surface area contributed by atoms with Crippen molar-refractivity contribution < 1.29 is 23.8 Å². The maximum Gasteiger partial charge on any atom is 0.396 e. The zero-order valence-corrected chi connectivity index (χ0v) is 11.3. The SMILES string of the molecule is CCC(OC)(OC)C(C)N(C)C(=O)C(=O)OC. The maximum absolute atomic E-state index is 11.7. The highest BCUT2D eigenvalue weighted by Crippen LogP contribution is 2.24. The number of ether oxygens (including phenoxy) is 3. The van der Waals surface area contributed by atoms with Gasteiger partial charge in [0.2, 0.25) is 0 Å². The lowest BCUT2D eigenvalue weighted by Gasteiger charge is -2.39. The van der Waals surface area contributed by atoms with Crippen LogP contribution in [0.4, 0.5) is 0 Å². The van der Waals surface area contributed by atoms with E-state index in [1.165, 1.54) is 33.3 Å². The summed E-state index contributed by atoms with van der Waals surface area (Å²) in [7, 11) is 5.67. The number of rotatable bonds is 5. The van der Waals surface area contributed by atoms with Gasteiger partial charge in [0.25, 0.3) is 0 Å². The lowest BCUT2D eigenvalue weighted by molar-refractivity contribution is -0.239. The molecule has 0 fully saturated rings. The van der Waals surface area contributed by atoms with Gasteiger partial charge in [-0.1, -0.05) is 6.92 Å². The van der Waals surface area contributed by atoms with Gasteiger partial charge in [-0.25, -0.2) is 4.79 Å². The molecule has 1 unspecified atom stereocenters. The number of carbonyl (C=O) groups excluding carboxylic acids is 2. The van der Waals surface area contributed by atoms with E-state index in [1.54, 1.807) is 6.92 Å². The molecule has 0 rings (SSSR count). The van der Waals surface area contributed by atoms with Gasteiger partial charge < -0.3 is 19.1 Å². The van der Waals surface area contributed by atoms with Gasteiger partial charge in [0.15, 0.2) is 5.79 Å². The Morgan fingerprint density at radius 3 is 2.00 bits per heavy atom. The maximum atomic E-state index is 11.7. The van der Waals surface area contributed by atoms with Crippen molar-refractivity contribution in [3.8, 4) is 0 Å². The summed E-state index contributed by atoms with van der Waals surface area (Å²) >= 11 is 0. The number of hydrogen-bond donors (Lipinski definition) is 0. The minimum absolute atomic E-state index is 0.422. The van der Waals surface area contributed by atoms with Crippen molar-refractivity contribution in [3.63, 3.8) is 0 Å². The first kappa shape index (κ1) is 15.9. The summed E-state index contributed by atoms with van der Waals surface area (Å²) in [6.07, 6.45) is 0.542. The number of methoxy groups -OCH3 is 3. The molecular formula is C11H21NO5. The highest BCUT2D eigenvalue weighted by molar-refractivity contribution is 6.32. The van der Waals surface area contributed by atoms with Crippen molar-refractivity contribution in [2.24, 2.45) is 0 Å². The van der Waals surface area contributed by atoms with Crippen LogP contribution in [-0.2, 0) is 23.8 Å². The molecule has 0 aliphatic carbocycles. The summed E-state index contributed by atoms with van der Waals surface area (Å²) in [5.41, 5.74) is 0. The van der Waals surface area contributed by atoms with Crippen molar-refractivity contribution in [1.82, 2.24) is 4.90 Å². The monoisotopic (exact) mass is 247 g/mol. The molecule has 0 aliphatic heterocycles. The average molecular weight is 247 g/mol. The molecule has 0 N–H and O–H groups in total. The quantitative estimate of drug-likeness (QED) is 0.400. The van der Waals surface area contributed by atoms with Crippen LogP contribution in [0, 0.1) is 0 Å². The second kappa shape index (κ2) is 6.56. The smallest absolute Gasteiger partial charge is 0.396 e. The zero-order chi connectivity index (χ0) is 13.6. The zero-order valence-electron chi connectivity index (χ0n) is 11.3. The highest BCUT2D eigenvalue weighted by atomic mass is 16.7. The van der Waals surface area contributed by atoms with Crippen LogP contribution in [-0.4, -0.2) is 57.0 Å². The fraction of sp³-hybridized carbons (Fsp3) is 0.818. The summed E-state index contributed by atoms with van der Waals surface area (Å²) in [5, 5.41) is 0. The molecule has 6 heteroatoms. The molecule has 0 aromatic heterocycles. The first-order valence-corrected chi connectivity index (χ1v) is 5.35. The molecule has 100 valence electrons. The van der Waals surface area contributed by atoms with E-state index < -0.39 is 23.7 Å². The summed E-state index contributed by atoms with van der Waals surface area (Å²) in [6.45, 7) is 3.62. The van der Waals surface area contributed by atoms with Crippen LogP contribution in [0.2, 0.25) is 0 Å². The molecule has 0 saturated carbocycles. The molecule has 17 heavy (non-hydrogen) atoms. The molecule has 0 heterocycles. The second-order valence-corrected chi connectivity index (χ2v) is 3.66. The van der Waals surface area contributed by atoms with Crippen LogP contribution in [0.25, 0.3) is 0 Å². The molecule has 0 aliphatic rings. The molecule has 0 spiro atoms. The highest BCUT2D eigenvalue weighted by Gasteiger charge is 2.40. The summed E-state index contributed by atoms with van der Waals surface area (Å²) in [5.74, 6) is -2.57. The Labute approximate surface area is 102 Å². The fourth-order valence-corrected chi connectivity index (χ4v) is 1.71. The molecule has 1 amide bonds. The van der Waals surface area contributed by atoms with Gasteiger partial charge in [-0.2, -0.15) is 0 Å². The summed E-state index contributed by atoms with van der Waals surface area (Å²) < 4.78 is 15.0. The van der Waals surface area contributed by atoms with E-state index in [9.17, 15) is 9.59 Å². The van der Waals surface area contributed by atoms with Crippen molar-refractivity contribution in [3.05, 3.63) is 0 Å². The number of amides is 1. The number of carbonyl (C=O) groups is 2. The Morgan fingerprint density at radius 1 is 1.24 bits per heavy atom. The first-order chi connectivity index (χ1) is 7.90. The Bertz CT molecular complexity index is 267. The summed E-state index contributed by atoms with van der Waals surface area (Å²) in [4.78, 5) is 24.1. The molecule has 1 atom stereocenters. The lowest BCUT2D eigenvalue weighted by Crippen LogP contribution is -2.55. The first-order valence-electron chi connectivity index (χ1n) is 5.35. The van der Waals surface area contributed by atoms with Gasteiger partial charge >= 0.3 is 11.9 Å². The van der Waals surface area contributed by atoms with E-state index in [4.69, 9.17) is 9.47 Å². The predicted molar refractivity (Wildman–Crippen MR) is 61.3 cm³/mol. The Kier molecular flexibility index (Phi) is 6.12.